The van der Waals surface area contributed by atoms with Crippen LogP contribution in [0.25, 0.3) is 10.8 Å². The molecule has 13 heteroatoms. The Kier molecular flexibility index (Phi) is 7.01. The van der Waals surface area contributed by atoms with Crippen LogP contribution in [0.15, 0.2) is 53.5 Å². The fourth-order valence-electron chi connectivity index (χ4n) is 5.38. The van der Waals surface area contributed by atoms with Crippen molar-refractivity contribution in [2.45, 2.75) is 25.8 Å². The fourth-order valence-corrected chi connectivity index (χ4v) is 5.38. The molecule has 1 saturated carbocycles. The molecular formula is C29H28FN7O5. The van der Waals surface area contributed by atoms with E-state index in [1.807, 2.05) is 0 Å². The number of benzene rings is 2. The van der Waals surface area contributed by atoms with Gasteiger partial charge >= 0.3 is 5.95 Å². The van der Waals surface area contributed by atoms with E-state index in [4.69, 9.17) is 0 Å². The van der Waals surface area contributed by atoms with Gasteiger partial charge in [0, 0.05) is 43.9 Å². The van der Waals surface area contributed by atoms with E-state index in [2.05, 4.69) is 10.1 Å². The monoisotopic (exact) mass is 573 g/mol. The van der Waals surface area contributed by atoms with Gasteiger partial charge in [0.15, 0.2) is 0 Å². The Labute approximate surface area is 239 Å². The lowest BCUT2D eigenvalue weighted by Crippen LogP contribution is -2.51. The van der Waals surface area contributed by atoms with Gasteiger partial charge in [-0.15, -0.1) is 0 Å². The van der Waals surface area contributed by atoms with Gasteiger partial charge in [-0.25, -0.2) is 13.6 Å². The number of hydrogen-bond donors (Lipinski definition) is 0. The van der Waals surface area contributed by atoms with E-state index in [0.29, 0.717) is 53.9 Å². The van der Waals surface area contributed by atoms with Crippen molar-refractivity contribution in [1.82, 2.24) is 29.1 Å². The smallest absolute Gasteiger partial charge is 0.390 e. The first-order valence-corrected chi connectivity index (χ1v) is 13.7. The highest BCUT2D eigenvalue weighted by Crippen LogP contribution is 2.31. The first-order valence-electron chi connectivity index (χ1n) is 13.7. The van der Waals surface area contributed by atoms with Gasteiger partial charge in [0.25, 0.3) is 11.5 Å². The van der Waals surface area contributed by atoms with Crippen LogP contribution in [-0.2, 0) is 24.8 Å². The highest BCUT2D eigenvalue weighted by atomic mass is 19.1. The standard InChI is InChI=1S/C29H28FN7O5/c1-33-20(16-31-29(33)37(41)42)17-36-28(40)22-5-3-2-4-21(22)25(32-36)15-18-6-9-24(30)23(14-18)27(39)35-12-10-34(11-13-35)26(38)19-7-8-19/h2-6,9,14,16,19H,7-8,10-13,15,17H2,1H3. The van der Waals surface area contributed by atoms with E-state index in [0.717, 1.165) is 12.8 Å². The van der Waals surface area contributed by atoms with Crippen molar-refractivity contribution in [3.63, 3.8) is 0 Å². The molecule has 2 fully saturated rings. The normalized spacial score (nSPS) is 15.3. The molecule has 0 atom stereocenters. The molecule has 0 radical (unpaired) electrons. The number of nitro groups is 1. The van der Waals surface area contributed by atoms with Gasteiger partial charge in [-0.3, -0.25) is 14.4 Å². The number of imidazole rings is 1. The summed E-state index contributed by atoms with van der Waals surface area (Å²) in [5.74, 6) is -1.17. The molecule has 0 bridgehead atoms. The third kappa shape index (κ3) is 5.13. The van der Waals surface area contributed by atoms with E-state index in [-0.39, 0.29) is 41.9 Å². The summed E-state index contributed by atoms with van der Waals surface area (Å²) in [4.78, 5) is 56.7. The van der Waals surface area contributed by atoms with Crippen molar-refractivity contribution < 1.29 is 18.9 Å². The van der Waals surface area contributed by atoms with Gasteiger partial charge in [-0.2, -0.15) is 5.10 Å². The molecule has 4 aromatic rings. The largest absolute Gasteiger partial charge is 0.434 e. The third-order valence-corrected chi connectivity index (χ3v) is 7.92. The van der Waals surface area contributed by atoms with Crippen LogP contribution in [0.2, 0.25) is 0 Å². The Balaban J connectivity index is 1.27. The SMILES string of the molecule is Cn1c(Cn2nc(Cc3ccc(F)c(C(=O)N4CCN(C(=O)C5CC5)CC4)c3)c3ccccc3c2=O)cnc1[N+](=O)[O-]. The van der Waals surface area contributed by atoms with Crippen LogP contribution in [-0.4, -0.2) is 72.0 Å². The van der Waals surface area contributed by atoms with Crippen molar-refractivity contribution in [3.05, 3.63) is 97.5 Å². The number of carbonyl (C=O) groups is 2. The zero-order chi connectivity index (χ0) is 29.5. The Hall–Kier alpha value is -4.94. The van der Waals surface area contributed by atoms with Gasteiger partial charge in [-0.1, -0.05) is 29.2 Å². The Bertz CT molecular complexity index is 1790. The lowest BCUT2D eigenvalue weighted by atomic mass is 10.0. The second-order valence-corrected chi connectivity index (χ2v) is 10.7. The maximum atomic E-state index is 14.9. The zero-order valence-electron chi connectivity index (χ0n) is 22.9. The predicted molar refractivity (Wildman–Crippen MR) is 149 cm³/mol. The predicted octanol–water partition coefficient (Wildman–Crippen LogP) is 2.51. The molecule has 1 aliphatic heterocycles. The van der Waals surface area contributed by atoms with E-state index in [1.54, 1.807) is 40.1 Å². The summed E-state index contributed by atoms with van der Waals surface area (Å²) in [6.45, 7) is 1.49. The minimum Gasteiger partial charge on any atom is -0.390 e. The van der Waals surface area contributed by atoms with Gasteiger partial charge in [-0.05, 0) is 41.5 Å². The van der Waals surface area contributed by atoms with E-state index in [1.165, 1.54) is 34.6 Å². The maximum absolute atomic E-state index is 14.9. The maximum Gasteiger partial charge on any atom is 0.434 e. The first-order chi connectivity index (χ1) is 20.2. The highest BCUT2D eigenvalue weighted by molar-refractivity contribution is 5.95. The van der Waals surface area contributed by atoms with Crippen molar-refractivity contribution in [1.29, 1.82) is 0 Å². The summed E-state index contributed by atoms with van der Waals surface area (Å²) in [5, 5.41) is 16.8. The fraction of sp³-hybridized carbons (Fsp3) is 0.345. The molecule has 2 aromatic heterocycles. The second kappa shape index (κ2) is 10.8. The van der Waals surface area contributed by atoms with Crippen LogP contribution in [0.4, 0.5) is 10.3 Å². The molecule has 2 amide bonds. The molecule has 1 aliphatic carbocycles. The van der Waals surface area contributed by atoms with Gasteiger partial charge in [0.05, 0.1) is 23.7 Å². The summed E-state index contributed by atoms with van der Waals surface area (Å²) in [6, 6.07) is 11.3. The number of fused-ring (bicyclic) bond motifs is 1. The van der Waals surface area contributed by atoms with Crippen LogP contribution in [0, 0.1) is 21.8 Å². The summed E-state index contributed by atoms with van der Waals surface area (Å²) < 4.78 is 17.4. The number of amides is 2. The number of halogens is 1. The van der Waals surface area contributed by atoms with Crippen LogP contribution in [0.5, 0.6) is 0 Å². The average molecular weight is 574 g/mol. The third-order valence-electron chi connectivity index (χ3n) is 7.92. The summed E-state index contributed by atoms with van der Waals surface area (Å²) >= 11 is 0. The van der Waals surface area contributed by atoms with Crippen LogP contribution >= 0.6 is 0 Å². The number of carbonyl (C=O) groups excluding carboxylic acids is 2. The molecule has 2 aliphatic rings. The van der Waals surface area contributed by atoms with Crippen molar-refractivity contribution in [2.24, 2.45) is 13.0 Å². The van der Waals surface area contributed by atoms with Gasteiger partial charge < -0.3 is 19.9 Å². The number of piperazine rings is 1. The summed E-state index contributed by atoms with van der Waals surface area (Å²) in [5.41, 5.74) is 1.15. The molecule has 0 spiro atoms. The molecular weight excluding hydrogens is 545 g/mol. The molecule has 1 saturated heterocycles. The van der Waals surface area contributed by atoms with Gasteiger partial charge in [0.2, 0.25) is 5.91 Å². The van der Waals surface area contributed by atoms with E-state index < -0.39 is 16.6 Å². The average Bonchev–Trinajstić information content (AvgIpc) is 3.78. The van der Waals surface area contributed by atoms with Crippen molar-refractivity contribution in [3.8, 4) is 0 Å². The molecule has 216 valence electrons. The van der Waals surface area contributed by atoms with Gasteiger partial charge in [0.1, 0.15) is 24.3 Å². The Morgan fingerprint density at radius 2 is 1.74 bits per heavy atom. The summed E-state index contributed by atoms with van der Waals surface area (Å²) in [7, 11) is 1.50. The minimum absolute atomic E-state index is 0.0452. The lowest BCUT2D eigenvalue weighted by Gasteiger charge is -2.35. The Morgan fingerprint density at radius 1 is 1.05 bits per heavy atom. The van der Waals surface area contributed by atoms with Crippen LogP contribution < -0.4 is 5.56 Å². The number of rotatable bonds is 7. The summed E-state index contributed by atoms with van der Waals surface area (Å²) in [6.07, 6.45) is 3.38. The molecule has 42 heavy (non-hydrogen) atoms. The molecule has 6 rings (SSSR count). The lowest BCUT2D eigenvalue weighted by molar-refractivity contribution is -0.396. The topological polar surface area (TPSA) is 136 Å². The molecule has 0 N–H and O–H groups in total. The van der Waals surface area contributed by atoms with Crippen LogP contribution in [0.3, 0.4) is 0 Å². The van der Waals surface area contributed by atoms with E-state index >= 15 is 0 Å². The number of hydrogen-bond acceptors (Lipinski definition) is 7. The van der Waals surface area contributed by atoms with Crippen molar-refractivity contribution in [2.75, 3.05) is 26.2 Å². The first kappa shape index (κ1) is 27.2. The zero-order valence-corrected chi connectivity index (χ0v) is 22.9. The molecule has 0 unspecified atom stereocenters. The molecule has 3 heterocycles. The molecule has 12 nitrogen and oxygen atoms in total. The quantitative estimate of drug-likeness (QED) is 0.245. The highest BCUT2D eigenvalue weighted by Gasteiger charge is 2.35. The van der Waals surface area contributed by atoms with E-state index in [9.17, 15) is 28.9 Å². The number of aromatic nitrogens is 4. The minimum atomic E-state index is -0.638. The van der Waals surface area contributed by atoms with Crippen LogP contribution in [0.1, 0.15) is 40.2 Å². The Morgan fingerprint density at radius 3 is 2.40 bits per heavy atom. The second-order valence-electron chi connectivity index (χ2n) is 10.7. The molecule has 2 aromatic carbocycles. The van der Waals surface area contributed by atoms with Crippen molar-refractivity contribution >= 4 is 28.5 Å². The number of nitrogens with zero attached hydrogens (tertiary/aromatic N) is 7.